The van der Waals surface area contributed by atoms with Gasteiger partial charge in [0, 0.05) is 18.4 Å². The van der Waals surface area contributed by atoms with E-state index in [-0.39, 0.29) is 0 Å². The van der Waals surface area contributed by atoms with Gasteiger partial charge in [0.25, 0.3) is 5.89 Å². The van der Waals surface area contributed by atoms with Crippen LogP contribution in [0.4, 0.5) is 5.69 Å². The Hall–Kier alpha value is -1.88. The van der Waals surface area contributed by atoms with Crippen LogP contribution in [0.3, 0.4) is 0 Å². The maximum absolute atomic E-state index is 5.65. The quantitative estimate of drug-likeness (QED) is 0.768. The highest BCUT2D eigenvalue weighted by molar-refractivity contribution is 5.60. The van der Waals surface area contributed by atoms with E-state index in [0.717, 1.165) is 5.56 Å². The Bertz CT molecular complexity index is 453. The first-order valence-electron chi connectivity index (χ1n) is 4.47. The minimum absolute atomic E-state index is 0.315. The van der Waals surface area contributed by atoms with Crippen LogP contribution in [0.1, 0.15) is 5.89 Å². The van der Waals surface area contributed by atoms with E-state index >= 15 is 0 Å². The summed E-state index contributed by atoms with van der Waals surface area (Å²) in [6, 6.07) is 7.32. The summed E-state index contributed by atoms with van der Waals surface area (Å²) >= 11 is 0. The molecule has 0 spiro atoms. The maximum atomic E-state index is 5.65. The molecular formula is C10H11N3O2. The normalized spacial score (nSPS) is 10.5. The van der Waals surface area contributed by atoms with E-state index in [1.54, 1.807) is 19.2 Å². The molecule has 2 rings (SSSR count). The lowest BCUT2D eigenvalue weighted by molar-refractivity contribution is 0.151. The summed E-state index contributed by atoms with van der Waals surface area (Å²) in [5.74, 6) is 0.976. The Labute approximate surface area is 86.9 Å². The third kappa shape index (κ3) is 2.13. The Morgan fingerprint density at radius 3 is 3.07 bits per heavy atom. The molecule has 2 aromatic rings. The third-order valence-electron chi connectivity index (χ3n) is 1.88. The van der Waals surface area contributed by atoms with Crippen molar-refractivity contribution in [2.75, 3.05) is 12.8 Å². The van der Waals surface area contributed by atoms with Crippen LogP contribution in [-0.2, 0) is 11.3 Å². The van der Waals surface area contributed by atoms with Crippen molar-refractivity contribution in [1.29, 1.82) is 0 Å². The highest BCUT2D eigenvalue weighted by atomic mass is 16.5. The second kappa shape index (κ2) is 4.10. The first-order chi connectivity index (χ1) is 7.29. The average molecular weight is 205 g/mol. The van der Waals surface area contributed by atoms with E-state index in [4.69, 9.17) is 15.0 Å². The minimum atomic E-state index is 0.315. The summed E-state index contributed by atoms with van der Waals surface area (Å²) in [5, 5.41) is 3.82. The molecule has 0 atom stereocenters. The lowest BCUT2D eigenvalue weighted by Gasteiger charge is -1.95. The zero-order valence-corrected chi connectivity index (χ0v) is 8.30. The molecule has 15 heavy (non-hydrogen) atoms. The Morgan fingerprint density at radius 2 is 2.33 bits per heavy atom. The van der Waals surface area contributed by atoms with Gasteiger partial charge in [-0.15, -0.1) is 0 Å². The first kappa shape index (κ1) is 9.67. The number of nitrogens with two attached hydrogens (primary N) is 1. The average Bonchev–Trinajstić information content (AvgIpc) is 2.67. The Balaban J connectivity index is 2.29. The molecule has 2 N–H and O–H groups in total. The van der Waals surface area contributed by atoms with Crippen molar-refractivity contribution in [3.8, 4) is 11.4 Å². The van der Waals surface area contributed by atoms with Crippen LogP contribution in [0.25, 0.3) is 11.4 Å². The van der Waals surface area contributed by atoms with E-state index in [1.807, 2.05) is 12.1 Å². The topological polar surface area (TPSA) is 74.2 Å². The van der Waals surface area contributed by atoms with Crippen molar-refractivity contribution in [1.82, 2.24) is 10.1 Å². The molecule has 0 bridgehead atoms. The number of methoxy groups -OCH3 is 1. The molecule has 0 amide bonds. The summed E-state index contributed by atoms with van der Waals surface area (Å²) in [7, 11) is 1.57. The number of nitrogen functional groups attached to an aromatic ring is 1. The zero-order chi connectivity index (χ0) is 10.7. The molecule has 0 saturated carbocycles. The number of hydrogen-bond acceptors (Lipinski definition) is 5. The first-order valence-corrected chi connectivity index (χ1v) is 4.47. The van der Waals surface area contributed by atoms with Crippen LogP contribution in [-0.4, -0.2) is 17.3 Å². The lowest BCUT2D eigenvalue weighted by Crippen LogP contribution is -1.88. The molecule has 0 aliphatic heterocycles. The van der Waals surface area contributed by atoms with Crippen molar-refractivity contribution in [3.63, 3.8) is 0 Å². The third-order valence-corrected chi connectivity index (χ3v) is 1.88. The largest absolute Gasteiger partial charge is 0.399 e. The summed E-state index contributed by atoms with van der Waals surface area (Å²) in [6.45, 7) is 0.315. The van der Waals surface area contributed by atoms with Crippen molar-refractivity contribution < 1.29 is 9.26 Å². The van der Waals surface area contributed by atoms with E-state index in [2.05, 4.69) is 10.1 Å². The van der Waals surface area contributed by atoms with Gasteiger partial charge >= 0.3 is 0 Å². The number of benzene rings is 1. The van der Waals surface area contributed by atoms with E-state index < -0.39 is 0 Å². The predicted molar refractivity (Wildman–Crippen MR) is 54.9 cm³/mol. The summed E-state index contributed by atoms with van der Waals surface area (Å²) in [4.78, 5) is 4.15. The van der Waals surface area contributed by atoms with E-state index in [9.17, 15) is 0 Å². The van der Waals surface area contributed by atoms with Crippen molar-refractivity contribution in [3.05, 3.63) is 30.2 Å². The molecular weight excluding hydrogens is 194 g/mol. The van der Waals surface area contributed by atoms with Crippen LogP contribution in [0.5, 0.6) is 0 Å². The molecule has 1 aromatic heterocycles. The maximum Gasteiger partial charge on any atom is 0.252 e. The fraction of sp³-hybridized carbons (Fsp3) is 0.200. The number of rotatable bonds is 3. The van der Waals surface area contributed by atoms with Gasteiger partial charge in [0.15, 0.2) is 0 Å². The second-order valence-corrected chi connectivity index (χ2v) is 3.07. The van der Waals surface area contributed by atoms with Gasteiger partial charge in [-0.3, -0.25) is 0 Å². The summed E-state index contributed by atoms with van der Waals surface area (Å²) in [6.07, 6.45) is 0. The molecule has 0 radical (unpaired) electrons. The van der Waals surface area contributed by atoms with Crippen LogP contribution in [0.2, 0.25) is 0 Å². The van der Waals surface area contributed by atoms with Crippen LogP contribution in [0.15, 0.2) is 28.8 Å². The molecule has 1 aromatic carbocycles. The van der Waals surface area contributed by atoms with E-state index in [0.29, 0.717) is 24.0 Å². The summed E-state index contributed by atoms with van der Waals surface area (Å²) < 4.78 is 9.85. The van der Waals surface area contributed by atoms with Gasteiger partial charge in [-0.1, -0.05) is 17.3 Å². The molecule has 5 nitrogen and oxygen atoms in total. The number of anilines is 1. The number of aromatic nitrogens is 2. The van der Waals surface area contributed by atoms with Crippen LogP contribution >= 0.6 is 0 Å². The minimum Gasteiger partial charge on any atom is -0.399 e. The highest BCUT2D eigenvalue weighted by Gasteiger charge is 2.07. The standard InChI is InChI=1S/C10H11N3O2/c1-14-6-9-12-10(13-15-9)7-3-2-4-8(11)5-7/h2-5H,6,11H2,1H3. The Kier molecular flexibility index (Phi) is 2.64. The van der Waals surface area contributed by atoms with Gasteiger partial charge < -0.3 is 15.0 Å². The molecule has 5 heteroatoms. The second-order valence-electron chi connectivity index (χ2n) is 3.07. The smallest absolute Gasteiger partial charge is 0.252 e. The highest BCUT2D eigenvalue weighted by Crippen LogP contribution is 2.18. The summed E-state index contributed by atoms with van der Waals surface area (Å²) in [5.41, 5.74) is 7.16. The van der Waals surface area contributed by atoms with Crippen molar-refractivity contribution in [2.45, 2.75) is 6.61 Å². The lowest BCUT2D eigenvalue weighted by atomic mass is 10.2. The SMILES string of the molecule is COCc1nc(-c2cccc(N)c2)no1. The number of ether oxygens (including phenoxy) is 1. The fourth-order valence-corrected chi connectivity index (χ4v) is 1.23. The van der Waals surface area contributed by atoms with Gasteiger partial charge in [0.2, 0.25) is 5.82 Å². The molecule has 0 fully saturated rings. The molecule has 0 aliphatic carbocycles. The van der Waals surface area contributed by atoms with Crippen LogP contribution < -0.4 is 5.73 Å². The molecule has 0 aliphatic rings. The van der Waals surface area contributed by atoms with Crippen LogP contribution in [0, 0.1) is 0 Å². The van der Waals surface area contributed by atoms with E-state index in [1.165, 1.54) is 0 Å². The number of hydrogen-bond donors (Lipinski definition) is 1. The predicted octanol–water partition coefficient (Wildman–Crippen LogP) is 1.47. The molecule has 78 valence electrons. The fourth-order valence-electron chi connectivity index (χ4n) is 1.23. The van der Waals surface area contributed by atoms with Gasteiger partial charge in [-0.2, -0.15) is 4.98 Å². The molecule has 1 heterocycles. The molecule has 0 unspecified atom stereocenters. The zero-order valence-electron chi connectivity index (χ0n) is 8.30. The van der Waals surface area contributed by atoms with Gasteiger partial charge in [0.1, 0.15) is 6.61 Å². The Morgan fingerprint density at radius 1 is 1.47 bits per heavy atom. The monoisotopic (exact) mass is 205 g/mol. The van der Waals surface area contributed by atoms with Gasteiger partial charge in [-0.05, 0) is 12.1 Å². The van der Waals surface area contributed by atoms with Gasteiger partial charge in [-0.25, -0.2) is 0 Å². The van der Waals surface area contributed by atoms with Crippen molar-refractivity contribution >= 4 is 5.69 Å². The number of nitrogens with zero attached hydrogens (tertiary/aromatic N) is 2. The van der Waals surface area contributed by atoms with Gasteiger partial charge in [0.05, 0.1) is 0 Å². The van der Waals surface area contributed by atoms with Crippen molar-refractivity contribution in [2.24, 2.45) is 0 Å². The molecule has 0 saturated heterocycles.